The largest absolute Gasteiger partial charge is 0.444 e. The number of carbonyl (C=O) groups excluding carboxylic acids is 1. The van der Waals surface area contributed by atoms with Gasteiger partial charge in [-0.3, -0.25) is 9.38 Å². The third-order valence-electron chi connectivity index (χ3n) is 3.81. The number of aryl methyl sites for hydroxylation is 1. The first-order chi connectivity index (χ1) is 12.4. The summed E-state index contributed by atoms with van der Waals surface area (Å²) in [7, 11) is 0. The van der Waals surface area contributed by atoms with E-state index >= 15 is 0 Å². The van der Waals surface area contributed by atoms with Gasteiger partial charge in [-0.1, -0.05) is 30.3 Å². The molecule has 0 aliphatic heterocycles. The van der Waals surface area contributed by atoms with Gasteiger partial charge in [0.15, 0.2) is 11.5 Å². The van der Waals surface area contributed by atoms with Gasteiger partial charge in [-0.05, 0) is 39.2 Å². The Hall–Kier alpha value is -2.96. The Bertz CT molecular complexity index is 870. The standard InChI is InChI=1S/C19H23N5O2/c1-19(2,3)26-18(25)21-15(10-9-14-7-5-4-6-8-14)17-23-22-16-13-20-11-12-24(16)17/h4-8,11-13,15H,9-10H2,1-3H3,(H,21,25)/t15-/m1/s1. The Balaban J connectivity index is 1.82. The molecule has 0 aliphatic carbocycles. The Labute approximate surface area is 152 Å². The molecule has 0 aliphatic rings. The van der Waals surface area contributed by atoms with Gasteiger partial charge in [-0.2, -0.15) is 0 Å². The van der Waals surface area contributed by atoms with E-state index in [1.165, 1.54) is 5.56 Å². The average Bonchev–Trinajstić information content (AvgIpc) is 3.02. The van der Waals surface area contributed by atoms with Crippen molar-refractivity contribution in [2.24, 2.45) is 0 Å². The van der Waals surface area contributed by atoms with Crippen LogP contribution < -0.4 is 5.32 Å². The van der Waals surface area contributed by atoms with Crippen molar-refractivity contribution in [1.29, 1.82) is 0 Å². The molecule has 3 aromatic rings. The maximum Gasteiger partial charge on any atom is 0.408 e. The van der Waals surface area contributed by atoms with E-state index < -0.39 is 11.7 Å². The fourth-order valence-corrected chi connectivity index (χ4v) is 2.68. The summed E-state index contributed by atoms with van der Waals surface area (Å²) in [6, 6.07) is 9.79. The van der Waals surface area contributed by atoms with Crippen molar-refractivity contribution < 1.29 is 9.53 Å². The number of alkyl carbamates (subject to hydrolysis) is 1. The normalized spacial score (nSPS) is 12.7. The van der Waals surface area contributed by atoms with Crippen molar-refractivity contribution in [2.45, 2.75) is 45.3 Å². The number of nitrogens with one attached hydrogen (secondary N) is 1. The molecule has 0 fully saturated rings. The minimum absolute atomic E-state index is 0.331. The van der Waals surface area contributed by atoms with E-state index in [-0.39, 0.29) is 6.04 Å². The van der Waals surface area contributed by atoms with Crippen LogP contribution in [0.2, 0.25) is 0 Å². The first-order valence-electron chi connectivity index (χ1n) is 8.60. The van der Waals surface area contributed by atoms with Crippen LogP contribution >= 0.6 is 0 Å². The van der Waals surface area contributed by atoms with E-state index in [1.807, 2.05) is 43.4 Å². The number of aromatic nitrogens is 4. The van der Waals surface area contributed by atoms with E-state index in [4.69, 9.17) is 4.74 Å². The van der Waals surface area contributed by atoms with Crippen LogP contribution in [0.25, 0.3) is 5.65 Å². The highest BCUT2D eigenvalue weighted by atomic mass is 16.6. The number of hydrogen-bond donors (Lipinski definition) is 1. The van der Waals surface area contributed by atoms with E-state index in [1.54, 1.807) is 18.6 Å². The molecule has 1 aromatic carbocycles. The van der Waals surface area contributed by atoms with Gasteiger partial charge in [-0.25, -0.2) is 4.79 Å². The predicted molar refractivity (Wildman–Crippen MR) is 97.7 cm³/mol. The molecule has 2 aromatic heterocycles. The summed E-state index contributed by atoms with van der Waals surface area (Å²) >= 11 is 0. The molecule has 1 amide bonds. The Morgan fingerprint density at radius 3 is 2.73 bits per heavy atom. The summed E-state index contributed by atoms with van der Waals surface area (Å²) in [6.45, 7) is 5.51. The molecule has 0 radical (unpaired) electrons. The number of fused-ring (bicyclic) bond motifs is 1. The van der Waals surface area contributed by atoms with Crippen molar-refractivity contribution in [3.05, 3.63) is 60.3 Å². The average molecular weight is 353 g/mol. The summed E-state index contributed by atoms with van der Waals surface area (Å²) in [5, 5.41) is 11.3. The number of benzene rings is 1. The lowest BCUT2D eigenvalue weighted by molar-refractivity contribution is 0.0498. The third kappa shape index (κ3) is 4.56. The van der Waals surface area contributed by atoms with Gasteiger partial charge in [0.2, 0.25) is 0 Å². The molecule has 7 heteroatoms. The van der Waals surface area contributed by atoms with Crippen molar-refractivity contribution >= 4 is 11.7 Å². The Kier molecular flexibility index (Phi) is 5.16. The van der Waals surface area contributed by atoms with Gasteiger partial charge in [-0.15, -0.1) is 10.2 Å². The highest BCUT2D eigenvalue weighted by Gasteiger charge is 2.24. The second-order valence-electron chi connectivity index (χ2n) is 7.09. The van der Waals surface area contributed by atoms with Crippen LogP contribution in [0.4, 0.5) is 4.79 Å². The van der Waals surface area contributed by atoms with Crippen LogP contribution in [-0.4, -0.2) is 31.3 Å². The molecule has 0 saturated carbocycles. The van der Waals surface area contributed by atoms with Crippen molar-refractivity contribution in [2.75, 3.05) is 0 Å². The Morgan fingerprint density at radius 1 is 1.23 bits per heavy atom. The Morgan fingerprint density at radius 2 is 2.00 bits per heavy atom. The molecule has 0 saturated heterocycles. The molecule has 136 valence electrons. The number of ether oxygens (including phenoxy) is 1. The molecular formula is C19H23N5O2. The third-order valence-corrected chi connectivity index (χ3v) is 3.81. The van der Waals surface area contributed by atoms with Crippen LogP contribution in [0, 0.1) is 0 Å². The van der Waals surface area contributed by atoms with E-state index in [9.17, 15) is 4.79 Å². The minimum atomic E-state index is -0.565. The number of hydrogen-bond acceptors (Lipinski definition) is 5. The van der Waals surface area contributed by atoms with Crippen LogP contribution in [-0.2, 0) is 11.2 Å². The SMILES string of the molecule is CC(C)(C)OC(=O)N[C@H](CCc1ccccc1)c1nnc2cnccn12. The molecule has 0 bridgehead atoms. The molecule has 3 rings (SSSR count). The second kappa shape index (κ2) is 7.51. The first-order valence-corrected chi connectivity index (χ1v) is 8.60. The van der Waals surface area contributed by atoms with Crippen LogP contribution in [0.15, 0.2) is 48.9 Å². The summed E-state index contributed by atoms with van der Waals surface area (Å²) in [6.07, 6.45) is 6.09. The topological polar surface area (TPSA) is 81.4 Å². The zero-order chi connectivity index (χ0) is 18.6. The maximum atomic E-state index is 12.3. The molecule has 0 unspecified atom stereocenters. The van der Waals surface area contributed by atoms with Crippen molar-refractivity contribution in [3.63, 3.8) is 0 Å². The number of rotatable bonds is 5. The lowest BCUT2D eigenvalue weighted by Gasteiger charge is -2.23. The van der Waals surface area contributed by atoms with E-state index in [0.29, 0.717) is 17.9 Å². The molecule has 2 heterocycles. The number of amides is 1. The maximum absolute atomic E-state index is 12.3. The number of carbonyl (C=O) groups is 1. The van der Waals surface area contributed by atoms with E-state index in [0.717, 1.165) is 6.42 Å². The van der Waals surface area contributed by atoms with Crippen molar-refractivity contribution in [1.82, 2.24) is 24.9 Å². The minimum Gasteiger partial charge on any atom is -0.444 e. The zero-order valence-corrected chi connectivity index (χ0v) is 15.2. The molecular weight excluding hydrogens is 330 g/mol. The van der Waals surface area contributed by atoms with Crippen LogP contribution in [0.3, 0.4) is 0 Å². The fourth-order valence-electron chi connectivity index (χ4n) is 2.68. The highest BCUT2D eigenvalue weighted by molar-refractivity contribution is 5.68. The molecule has 26 heavy (non-hydrogen) atoms. The number of nitrogens with zero attached hydrogens (tertiary/aromatic N) is 4. The zero-order valence-electron chi connectivity index (χ0n) is 15.2. The van der Waals surface area contributed by atoms with E-state index in [2.05, 4.69) is 32.6 Å². The van der Waals surface area contributed by atoms with Gasteiger partial charge >= 0.3 is 6.09 Å². The lowest BCUT2D eigenvalue weighted by Crippen LogP contribution is -2.36. The monoisotopic (exact) mass is 353 g/mol. The second-order valence-corrected chi connectivity index (χ2v) is 7.09. The smallest absolute Gasteiger partial charge is 0.408 e. The van der Waals surface area contributed by atoms with Crippen molar-refractivity contribution in [3.8, 4) is 0 Å². The van der Waals surface area contributed by atoms with Gasteiger partial charge < -0.3 is 10.1 Å². The summed E-state index contributed by atoms with van der Waals surface area (Å²) < 4.78 is 7.24. The van der Waals surface area contributed by atoms with Gasteiger partial charge in [0.05, 0.1) is 12.2 Å². The fraction of sp³-hybridized carbons (Fsp3) is 0.368. The summed E-state index contributed by atoms with van der Waals surface area (Å²) in [5.41, 5.74) is 1.27. The molecule has 1 N–H and O–H groups in total. The van der Waals surface area contributed by atoms with Gasteiger partial charge in [0, 0.05) is 12.4 Å². The van der Waals surface area contributed by atoms with Gasteiger partial charge in [0.25, 0.3) is 0 Å². The molecule has 1 atom stereocenters. The molecule has 7 nitrogen and oxygen atoms in total. The van der Waals surface area contributed by atoms with Crippen LogP contribution in [0.1, 0.15) is 44.6 Å². The summed E-state index contributed by atoms with van der Waals surface area (Å²) in [5.74, 6) is 0.657. The predicted octanol–water partition coefficient (Wildman–Crippen LogP) is 3.32. The molecule has 0 spiro atoms. The van der Waals surface area contributed by atoms with Gasteiger partial charge in [0.1, 0.15) is 5.60 Å². The first kappa shape index (κ1) is 17.8. The van der Waals surface area contributed by atoms with Crippen LogP contribution in [0.5, 0.6) is 0 Å². The lowest BCUT2D eigenvalue weighted by atomic mass is 10.0. The highest BCUT2D eigenvalue weighted by Crippen LogP contribution is 2.19. The quantitative estimate of drug-likeness (QED) is 0.761. The summed E-state index contributed by atoms with van der Waals surface area (Å²) in [4.78, 5) is 16.4.